The highest BCUT2D eigenvalue weighted by Crippen LogP contribution is 2.30. The van der Waals surface area contributed by atoms with Crippen LogP contribution in [0.25, 0.3) is 20.7 Å². The van der Waals surface area contributed by atoms with Crippen molar-refractivity contribution in [1.82, 2.24) is 15.0 Å². The highest BCUT2D eigenvalue weighted by Gasteiger charge is 2.20. The number of benzene rings is 3. The van der Waals surface area contributed by atoms with Gasteiger partial charge in [0.05, 0.1) is 5.39 Å². The summed E-state index contributed by atoms with van der Waals surface area (Å²) in [7, 11) is 0. The molecular formula is C26H20N4O3S. The third-order valence-corrected chi connectivity index (χ3v) is 6.36. The number of anilines is 1. The van der Waals surface area contributed by atoms with Crippen LogP contribution in [0.15, 0.2) is 95.8 Å². The van der Waals surface area contributed by atoms with Crippen molar-refractivity contribution in [2.45, 2.75) is 13.0 Å². The van der Waals surface area contributed by atoms with E-state index in [0.717, 1.165) is 20.9 Å². The molecule has 0 saturated carbocycles. The molecule has 1 atom stereocenters. The topological polar surface area (TPSA) is 86.1 Å². The predicted molar refractivity (Wildman–Crippen MR) is 133 cm³/mol. The summed E-state index contributed by atoms with van der Waals surface area (Å²) >= 11 is 1.40. The smallest absolute Gasteiger partial charge is 0.279 e. The summed E-state index contributed by atoms with van der Waals surface area (Å²) in [5, 5.41) is 11.5. The summed E-state index contributed by atoms with van der Waals surface area (Å²) in [6, 6.07) is 27.2. The molecule has 1 N–H and O–H groups in total. The lowest BCUT2D eigenvalue weighted by molar-refractivity contribution is -0.119. The number of hydrogen-bond donors (Lipinski definition) is 1. The molecule has 5 rings (SSSR count). The van der Waals surface area contributed by atoms with E-state index in [-0.39, 0.29) is 11.5 Å². The number of carbonyl (C=O) groups excluding carboxylic acids is 1. The average Bonchev–Trinajstić information content (AvgIpc) is 3.32. The minimum absolute atomic E-state index is 0.349. The third-order valence-electron chi connectivity index (χ3n) is 5.29. The van der Waals surface area contributed by atoms with Gasteiger partial charge in [0.15, 0.2) is 4.83 Å². The molecule has 0 saturated heterocycles. The van der Waals surface area contributed by atoms with Crippen LogP contribution in [0.5, 0.6) is 11.5 Å². The van der Waals surface area contributed by atoms with Crippen LogP contribution in [-0.2, 0) is 4.79 Å². The zero-order chi connectivity index (χ0) is 23.5. The zero-order valence-electron chi connectivity index (χ0n) is 18.2. The Bertz CT molecular complexity index is 1500. The Hall–Kier alpha value is -4.30. The second-order valence-corrected chi connectivity index (χ2v) is 8.67. The number of hydrogen-bond acceptors (Lipinski definition) is 6. The zero-order valence-corrected chi connectivity index (χ0v) is 19.0. The molecule has 2 aromatic heterocycles. The molecule has 0 spiro atoms. The Morgan fingerprint density at radius 3 is 2.29 bits per heavy atom. The molecule has 168 valence electrons. The van der Waals surface area contributed by atoms with Crippen LogP contribution in [0.2, 0.25) is 0 Å². The molecule has 7 nitrogen and oxygen atoms in total. The first-order valence-electron chi connectivity index (χ1n) is 10.7. The first kappa shape index (κ1) is 21.5. The van der Waals surface area contributed by atoms with Crippen LogP contribution in [0.1, 0.15) is 13.0 Å². The number of nitrogens with zero attached hydrogens (tertiary/aromatic N) is 3. The lowest BCUT2D eigenvalue weighted by Gasteiger charge is -2.13. The molecule has 8 heteroatoms. The Morgan fingerprint density at radius 2 is 1.59 bits per heavy atom. The number of thiophene rings is 1. The van der Waals surface area contributed by atoms with Crippen molar-refractivity contribution in [1.29, 1.82) is 0 Å². The number of aromatic nitrogens is 3. The van der Waals surface area contributed by atoms with Gasteiger partial charge in [0.1, 0.15) is 17.5 Å². The second kappa shape index (κ2) is 9.29. The third kappa shape index (κ3) is 4.44. The quantitative estimate of drug-likeness (QED) is 0.355. The van der Waals surface area contributed by atoms with Crippen LogP contribution >= 0.6 is 11.3 Å². The van der Waals surface area contributed by atoms with E-state index >= 15 is 0 Å². The molecule has 5 aromatic rings. The maximum absolute atomic E-state index is 13.1. The molecule has 3 aromatic carbocycles. The van der Waals surface area contributed by atoms with E-state index in [4.69, 9.17) is 4.74 Å². The summed E-state index contributed by atoms with van der Waals surface area (Å²) in [6.45, 7) is 1.62. The van der Waals surface area contributed by atoms with Crippen molar-refractivity contribution < 1.29 is 9.53 Å². The number of amides is 1. The predicted octanol–water partition coefficient (Wildman–Crippen LogP) is 5.51. The second-order valence-electron chi connectivity index (χ2n) is 7.64. The maximum Gasteiger partial charge on any atom is 0.279 e. The molecule has 0 aliphatic rings. The monoisotopic (exact) mass is 468 g/mol. The van der Waals surface area contributed by atoms with E-state index in [2.05, 4.69) is 15.6 Å². The minimum Gasteiger partial charge on any atom is -0.457 e. The van der Waals surface area contributed by atoms with Crippen molar-refractivity contribution >= 4 is 33.1 Å². The van der Waals surface area contributed by atoms with Gasteiger partial charge in [-0.3, -0.25) is 9.59 Å². The summed E-state index contributed by atoms with van der Waals surface area (Å²) < 4.78 is 6.89. The Labute approximate surface area is 199 Å². The van der Waals surface area contributed by atoms with Crippen LogP contribution in [0, 0.1) is 0 Å². The van der Waals surface area contributed by atoms with Crippen molar-refractivity contribution in [2.75, 3.05) is 5.32 Å². The first-order valence-corrected chi connectivity index (χ1v) is 11.5. The fourth-order valence-corrected chi connectivity index (χ4v) is 4.42. The number of carbonyl (C=O) groups is 1. The molecule has 1 unspecified atom stereocenters. The highest BCUT2D eigenvalue weighted by atomic mass is 32.1. The highest BCUT2D eigenvalue weighted by molar-refractivity contribution is 7.21. The molecule has 34 heavy (non-hydrogen) atoms. The van der Waals surface area contributed by atoms with Crippen molar-refractivity contribution in [3.8, 4) is 21.9 Å². The number of rotatable bonds is 6. The summed E-state index contributed by atoms with van der Waals surface area (Å²) in [4.78, 5) is 27.4. The van der Waals surface area contributed by atoms with Crippen molar-refractivity contribution in [3.05, 3.63) is 101 Å². The first-order chi connectivity index (χ1) is 16.6. The average molecular weight is 469 g/mol. The van der Waals surface area contributed by atoms with Gasteiger partial charge in [-0.2, -0.15) is 4.68 Å². The van der Waals surface area contributed by atoms with E-state index in [1.807, 2.05) is 60.7 Å². The van der Waals surface area contributed by atoms with E-state index in [1.165, 1.54) is 11.3 Å². The Balaban J connectivity index is 1.32. The lowest BCUT2D eigenvalue weighted by Crippen LogP contribution is -2.33. The van der Waals surface area contributed by atoms with Crippen LogP contribution < -0.4 is 15.6 Å². The van der Waals surface area contributed by atoms with E-state index in [9.17, 15) is 9.59 Å². The molecule has 0 radical (unpaired) electrons. The maximum atomic E-state index is 13.1. The molecular weight excluding hydrogens is 448 g/mol. The van der Waals surface area contributed by atoms with Crippen LogP contribution in [0.3, 0.4) is 0 Å². The van der Waals surface area contributed by atoms with E-state index in [1.54, 1.807) is 37.3 Å². The number of nitrogens with one attached hydrogen (secondary N) is 1. The van der Waals surface area contributed by atoms with Gasteiger partial charge in [0, 0.05) is 10.6 Å². The standard InChI is InChI=1S/C26H20N4O3S/c1-17(24(31)27-19-12-14-21(15-13-19)33-20-10-6-3-7-11-20)30-26(32)22-16-23(34-25(22)28-29-30)18-8-4-2-5-9-18/h2-17H,1H3,(H,27,31). The molecule has 1 amide bonds. The summed E-state index contributed by atoms with van der Waals surface area (Å²) in [5.41, 5.74) is 1.24. The van der Waals surface area contributed by atoms with Gasteiger partial charge in [-0.05, 0) is 55.0 Å². The normalized spacial score (nSPS) is 11.8. The number of fused-ring (bicyclic) bond motifs is 1. The fourth-order valence-electron chi connectivity index (χ4n) is 3.45. The van der Waals surface area contributed by atoms with Gasteiger partial charge in [0.25, 0.3) is 5.56 Å². The van der Waals surface area contributed by atoms with Crippen LogP contribution in [-0.4, -0.2) is 20.9 Å². The molecule has 0 aliphatic carbocycles. The minimum atomic E-state index is -0.843. The molecule has 0 fully saturated rings. The van der Waals surface area contributed by atoms with Gasteiger partial charge >= 0.3 is 0 Å². The Morgan fingerprint density at radius 1 is 0.941 bits per heavy atom. The fraction of sp³-hybridized carbons (Fsp3) is 0.0769. The number of para-hydroxylation sites is 1. The van der Waals surface area contributed by atoms with Gasteiger partial charge in [-0.1, -0.05) is 53.7 Å². The molecule has 2 heterocycles. The van der Waals surface area contributed by atoms with Gasteiger partial charge in [-0.25, -0.2) is 0 Å². The largest absolute Gasteiger partial charge is 0.457 e. The summed E-state index contributed by atoms with van der Waals surface area (Å²) in [5.74, 6) is 1.01. The van der Waals surface area contributed by atoms with Gasteiger partial charge in [-0.15, -0.1) is 16.4 Å². The van der Waals surface area contributed by atoms with Crippen LogP contribution in [0.4, 0.5) is 5.69 Å². The Kier molecular flexibility index (Phi) is 5.88. The SMILES string of the molecule is CC(C(=O)Nc1ccc(Oc2ccccc2)cc1)n1nnc2sc(-c3ccccc3)cc2c1=O. The number of ether oxygens (including phenoxy) is 1. The van der Waals surface area contributed by atoms with E-state index in [0.29, 0.717) is 21.7 Å². The summed E-state index contributed by atoms with van der Waals surface area (Å²) in [6.07, 6.45) is 0. The molecule has 0 bridgehead atoms. The van der Waals surface area contributed by atoms with Crippen molar-refractivity contribution in [2.24, 2.45) is 0 Å². The van der Waals surface area contributed by atoms with Gasteiger partial charge < -0.3 is 10.1 Å². The van der Waals surface area contributed by atoms with Crippen molar-refractivity contribution in [3.63, 3.8) is 0 Å². The van der Waals surface area contributed by atoms with Gasteiger partial charge in [0.2, 0.25) is 5.91 Å². The lowest BCUT2D eigenvalue weighted by atomic mass is 10.2. The van der Waals surface area contributed by atoms with E-state index < -0.39 is 6.04 Å². The molecule has 0 aliphatic heterocycles.